The number of nitrogens with one attached hydrogen (secondary N) is 1. The summed E-state index contributed by atoms with van der Waals surface area (Å²) in [7, 11) is 3.90. The largest absolute Gasteiger partial charge is 0.309 e. The lowest BCUT2D eigenvalue weighted by atomic mass is 10.2. The zero-order chi connectivity index (χ0) is 10.7. The van der Waals surface area contributed by atoms with E-state index in [1.165, 1.54) is 0 Å². The molecule has 1 aromatic rings. The average molecular weight is 195 g/mol. The average Bonchev–Trinajstić information content (AvgIpc) is 2.10. The van der Waals surface area contributed by atoms with E-state index in [0.717, 1.165) is 23.5 Å². The van der Waals surface area contributed by atoms with Gasteiger partial charge in [0.25, 0.3) is 5.56 Å². The second kappa shape index (κ2) is 4.37. The molecule has 14 heavy (non-hydrogen) atoms. The van der Waals surface area contributed by atoms with Gasteiger partial charge in [-0.05, 0) is 27.4 Å². The molecular formula is C10H17N3O. The standard InChI is InChI=1S/C10H17N3O/c1-5-8-7(2)10(14)12-9(11-8)6-13(3)4/h5-6H2,1-4H3,(H,11,12,14). The molecule has 4 heteroatoms. The number of aryl methyl sites for hydroxylation is 1. The second-order valence-corrected chi connectivity index (χ2v) is 3.68. The molecule has 78 valence electrons. The van der Waals surface area contributed by atoms with E-state index in [1.807, 2.05) is 32.8 Å². The predicted octanol–water partition coefficient (Wildman–Crippen LogP) is 0.702. The number of rotatable bonds is 3. The summed E-state index contributed by atoms with van der Waals surface area (Å²) >= 11 is 0. The van der Waals surface area contributed by atoms with Crippen LogP contribution < -0.4 is 5.56 Å². The number of aromatic nitrogens is 2. The summed E-state index contributed by atoms with van der Waals surface area (Å²) in [4.78, 5) is 20.6. The van der Waals surface area contributed by atoms with Gasteiger partial charge < -0.3 is 9.88 Å². The molecule has 0 aliphatic heterocycles. The smallest absolute Gasteiger partial charge is 0.254 e. The third-order valence-corrected chi connectivity index (χ3v) is 2.10. The Bertz CT molecular complexity index is 368. The maximum Gasteiger partial charge on any atom is 0.254 e. The highest BCUT2D eigenvalue weighted by Gasteiger charge is 2.05. The topological polar surface area (TPSA) is 49.0 Å². The third kappa shape index (κ3) is 2.42. The summed E-state index contributed by atoms with van der Waals surface area (Å²) in [5.74, 6) is 0.738. The first kappa shape index (κ1) is 10.9. The fourth-order valence-electron chi connectivity index (χ4n) is 1.35. The number of hydrogen-bond donors (Lipinski definition) is 1. The molecular weight excluding hydrogens is 178 g/mol. The molecule has 0 saturated heterocycles. The van der Waals surface area contributed by atoms with Gasteiger partial charge in [-0.25, -0.2) is 4.98 Å². The lowest BCUT2D eigenvalue weighted by molar-refractivity contribution is 0.389. The van der Waals surface area contributed by atoms with E-state index >= 15 is 0 Å². The van der Waals surface area contributed by atoms with Gasteiger partial charge in [-0.1, -0.05) is 6.92 Å². The third-order valence-electron chi connectivity index (χ3n) is 2.10. The first-order valence-electron chi connectivity index (χ1n) is 4.78. The van der Waals surface area contributed by atoms with Crippen molar-refractivity contribution >= 4 is 0 Å². The van der Waals surface area contributed by atoms with Crippen LogP contribution in [0.3, 0.4) is 0 Å². The van der Waals surface area contributed by atoms with Crippen LogP contribution in [-0.4, -0.2) is 29.0 Å². The summed E-state index contributed by atoms with van der Waals surface area (Å²) in [5.41, 5.74) is 1.61. The Balaban J connectivity index is 3.10. The Morgan fingerprint density at radius 1 is 1.43 bits per heavy atom. The summed E-state index contributed by atoms with van der Waals surface area (Å²) in [6.07, 6.45) is 0.802. The molecule has 0 radical (unpaired) electrons. The lowest BCUT2D eigenvalue weighted by Crippen LogP contribution is -2.21. The molecule has 0 saturated carbocycles. The number of aromatic amines is 1. The Morgan fingerprint density at radius 3 is 2.57 bits per heavy atom. The van der Waals surface area contributed by atoms with Crippen LogP contribution in [0.1, 0.15) is 24.0 Å². The molecule has 0 spiro atoms. The van der Waals surface area contributed by atoms with Gasteiger partial charge in [-0.3, -0.25) is 4.79 Å². The highest BCUT2D eigenvalue weighted by molar-refractivity contribution is 5.15. The van der Waals surface area contributed by atoms with Gasteiger partial charge in [0.15, 0.2) is 0 Å². The van der Waals surface area contributed by atoms with Crippen molar-refractivity contribution in [2.75, 3.05) is 14.1 Å². The molecule has 1 aromatic heterocycles. The molecule has 1 N–H and O–H groups in total. The Kier molecular flexibility index (Phi) is 3.41. The molecule has 1 heterocycles. The Labute approximate surface area is 84.0 Å². The van der Waals surface area contributed by atoms with Crippen LogP contribution >= 0.6 is 0 Å². The SMILES string of the molecule is CCc1nc(CN(C)C)[nH]c(=O)c1C. The minimum atomic E-state index is -0.0197. The monoisotopic (exact) mass is 195 g/mol. The molecule has 0 aromatic carbocycles. The quantitative estimate of drug-likeness (QED) is 0.772. The van der Waals surface area contributed by atoms with Crippen LogP contribution in [0.15, 0.2) is 4.79 Å². The van der Waals surface area contributed by atoms with E-state index in [1.54, 1.807) is 0 Å². The van der Waals surface area contributed by atoms with Crippen molar-refractivity contribution < 1.29 is 0 Å². The normalized spacial score (nSPS) is 10.9. The van der Waals surface area contributed by atoms with Crippen molar-refractivity contribution in [3.05, 3.63) is 27.4 Å². The van der Waals surface area contributed by atoms with Crippen LogP contribution in [0.5, 0.6) is 0 Å². The Morgan fingerprint density at radius 2 is 2.07 bits per heavy atom. The second-order valence-electron chi connectivity index (χ2n) is 3.68. The van der Waals surface area contributed by atoms with Crippen LogP contribution in [-0.2, 0) is 13.0 Å². The summed E-state index contributed by atoms with van der Waals surface area (Å²) in [5, 5.41) is 0. The highest BCUT2D eigenvalue weighted by atomic mass is 16.1. The van der Waals surface area contributed by atoms with E-state index in [2.05, 4.69) is 9.97 Å². The molecule has 1 rings (SSSR count). The van der Waals surface area contributed by atoms with Crippen molar-refractivity contribution in [2.45, 2.75) is 26.8 Å². The van der Waals surface area contributed by atoms with Crippen molar-refractivity contribution in [1.29, 1.82) is 0 Å². The molecule has 0 fully saturated rings. The van der Waals surface area contributed by atoms with Crippen molar-refractivity contribution in [2.24, 2.45) is 0 Å². The molecule has 0 aliphatic rings. The number of hydrogen-bond acceptors (Lipinski definition) is 3. The zero-order valence-electron chi connectivity index (χ0n) is 9.22. The summed E-state index contributed by atoms with van der Waals surface area (Å²) in [6, 6.07) is 0. The van der Waals surface area contributed by atoms with Crippen LogP contribution in [0.4, 0.5) is 0 Å². The van der Waals surface area contributed by atoms with Gasteiger partial charge in [0.05, 0.1) is 12.2 Å². The summed E-state index contributed by atoms with van der Waals surface area (Å²) < 4.78 is 0. The lowest BCUT2D eigenvalue weighted by Gasteiger charge is -2.10. The molecule has 0 aliphatic carbocycles. The van der Waals surface area contributed by atoms with E-state index in [0.29, 0.717) is 6.54 Å². The van der Waals surface area contributed by atoms with Crippen LogP contribution in [0, 0.1) is 6.92 Å². The maximum absolute atomic E-state index is 11.5. The predicted molar refractivity (Wildman–Crippen MR) is 56.4 cm³/mol. The highest BCUT2D eigenvalue weighted by Crippen LogP contribution is 2.01. The minimum absolute atomic E-state index is 0.0197. The van der Waals surface area contributed by atoms with E-state index in [-0.39, 0.29) is 5.56 Å². The van der Waals surface area contributed by atoms with Gasteiger partial charge in [0.1, 0.15) is 5.82 Å². The van der Waals surface area contributed by atoms with Crippen LogP contribution in [0.2, 0.25) is 0 Å². The van der Waals surface area contributed by atoms with Crippen LogP contribution in [0.25, 0.3) is 0 Å². The van der Waals surface area contributed by atoms with Crippen molar-refractivity contribution in [1.82, 2.24) is 14.9 Å². The summed E-state index contributed by atoms with van der Waals surface area (Å²) in [6.45, 7) is 4.49. The first-order chi connectivity index (χ1) is 6.54. The molecule has 0 unspecified atom stereocenters. The molecule has 4 nitrogen and oxygen atoms in total. The Hall–Kier alpha value is -1.16. The maximum atomic E-state index is 11.5. The fourth-order valence-corrected chi connectivity index (χ4v) is 1.35. The van der Waals surface area contributed by atoms with Crippen molar-refractivity contribution in [3.8, 4) is 0 Å². The number of H-pyrrole nitrogens is 1. The van der Waals surface area contributed by atoms with Gasteiger partial charge in [-0.2, -0.15) is 0 Å². The molecule has 0 atom stereocenters. The van der Waals surface area contributed by atoms with E-state index in [9.17, 15) is 4.79 Å². The van der Waals surface area contributed by atoms with Gasteiger partial charge in [0, 0.05) is 5.56 Å². The molecule has 0 bridgehead atoms. The fraction of sp³-hybridized carbons (Fsp3) is 0.600. The van der Waals surface area contributed by atoms with E-state index < -0.39 is 0 Å². The van der Waals surface area contributed by atoms with E-state index in [4.69, 9.17) is 0 Å². The minimum Gasteiger partial charge on any atom is -0.309 e. The first-order valence-corrected chi connectivity index (χ1v) is 4.78. The van der Waals surface area contributed by atoms with Gasteiger partial charge in [0.2, 0.25) is 0 Å². The van der Waals surface area contributed by atoms with Gasteiger partial charge in [-0.15, -0.1) is 0 Å². The number of nitrogens with zero attached hydrogens (tertiary/aromatic N) is 2. The van der Waals surface area contributed by atoms with Crippen molar-refractivity contribution in [3.63, 3.8) is 0 Å². The van der Waals surface area contributed by atoms with Gasteiger partial charge >= 0.3 is 0 Å². The zero-order valence-corrected chi connectivity index (χ0v) is 9.22. The molecule has 0 amide bonds.